The largest absolute Gasteiger partial charge is 0.318 e. The molecule has 0 aliphatic rings. The lowest BCUT2D eigenvalue weighted by Crippen LogP contribution is -2.22. The van der Waals surface area contributed by atoms with Gasteiger partial charge in [0.15, 0.2) is 0 Å². The van der Waals surface area contributed by atoms with Crippen LogP contribution >= 0.6 is 0 Å². The van der Waals surface area contributed by atoms with E-state index in [2.05, 4.69) is 24.6 Å². The molecule has 0 spiro atoms. The molecule has 2 N–H and O–H groups in total. The molecule has 0 saturated carbocycles. The minimum atomic E-state index is 0.928. The highest BCUT2D eigenvalue weighted by Gasteiger charge is 2.02. The van der Waals surface area contributed by atoms with Crippen molar-refractivity contribution in [2.24, 2.45) is 5.10 Å². The average Bonchev–Trinajstić information content (AvgIpc) is 3.02. The summed E-state index contributed by atoms with van der Waals surface area (Å²) in [5, 5.41) is 8.02. The van der Waals surface area contributed by atoms with Crippen molar-refractivity contribution >= 4 is 5.71 Å². The van der Waals surface area contributed by atoms with Crippen molar-refractivity contribution in [3.63, 3.8) is 0 Å². The Bertz CT molecular complexity index is 480. The van der Waals surface area contributed by atoms with Crippen LogP contribution in [0.1, 0.15) is 232 Å². The van der Waals surface area contributed by atoms with Crippen LogP contribution < -0.4 is 10.7 Å². The van der Waals surface area contributed by atoms with E-state index in [1.807, 2.05) is 7.05 Å². The van der Waals surface area contributed by atoms with Gasteiger partial charge in [0, 0.05) is 18.8 Å². The van der Waals surface area contributed by atoms with Gasteiger partial charge in [-0.3, -0.25) is 0 Å². The molecule has 3 heteroatoms. The molecule has 258 valence electrons. The first-order valence-electron chi connectivity index (χ1n) is 20.3. The van der Waals surface area contributed by atoms with Crippen LogP contribution in [0.4, 0.5) is 0 Å². The molecule has 0 aromatic carbocycles. The third kappa shape index (κ3) is 37.5. The first-order chi connectivity index (χ1) is 21.3. The second kappa shape index (κ2) is 39.5. The number of hydrazone groups is 1. The van der Waals surface area contributed by atoms with Gasteiger partial charge < -0.3 is 10.7 Å². The summed E-state index contributed by atoms with van der Waals surface area (Å²) < 4.78 is 0. The second-order valence-electron chi connectivity index (χ2n) is 13.8. The van der Waals surface area contributed by atoms with Crippen molar-refractivity contribution in [2.75, 3.05) is 20.1 Å². The second-order valence-corrected chi connectivity index (χ2v) is 13.8. The number of nitrogens with zero attached hydrogens (tertiary/aromatic N) is 1. The standard InChI is InChI=1S/C40H83N3/c1-4-6-8-10-12-14-16-18-20-22-24-26-28-30-32-34-36-40(43-42-39-38-41-3)37-35-33-31-29-27-25-23-21-19-17-15-13-11-9-7-5-2/h41-42H,4-39H2,1-3H3. The number of hydrogen-bond donors (Lipinski definition) is 2. The fraction of sp³-hybridized carbons (Fsp3) is 0.975. The molecular formula is C40H83N3. The van der Waals surface area contributed by atoms with Crippen molar-refractivity contribution in [3.05, 3.63) is 0 Å². The molecule has 0 aliphatic carbocycles. The summed E-state index contributed by atoms with van der Waals surface area (Å²) in [5.74, 6) is 0. The average molecular weight is 606 g/mol. The highest BCUT2D eigenvalue weighted by molar-refractivity contribution is 5.84. The lowest BCUT2D eigenvalue weighted by molar-refractivity contribution is 0.529. The van der Waals surface area contributed by atoms with E-state index in [1.54, 1.807) is 0 Å². The summed E-state index contributed by atoms with van der Waals surface area (Å²) in [6.07, 6.45) is 48.4. The molecule has 0 atom stereocenters. The lowest BCUT2D eigenvalue weighted by atomic mass is 10.0. The Balaban J connectivity index is 3.64. The maximum absolute atomic E-state index is 4.80. The van der Waals surface area contributed by atoms with E-state index in [4.69, 9.17) is 5.10 Å². The SMILES string of the molecule is CCCCCCCCCCCCCCCCCCC(CCCCCCCCCCCCCCCCCC)=NNCCNC. The van der Waals surface area contributed by atoms with E-state index >= 15 is 0 Å². The minimum absolute atomic E-state index is 0.928. The Hall–Kier alpha value is -0.570. The van der Waals surface area contributed by atoms with E-state index in [0.29, 0.717) is 0 Å². The van der Waals surface area contributed by atoms with Crippen LogP contribution in [0.25, 0.3) is 0 Å². The van der Waals surface area contributed by atoms with Crippen LogP contribution in [0.2, 0.25) is 0 Å². The Morgan fingerprint density at radius 1 is 0.349 bits per heavy atom. The zero-order valence-corrected chi connectivity index (χ0v) is 30.4. The Labute approximate surface area is 273 Å². The van der Waals surface area contributed by atoms with Gasteiger partial charge in [-0.15, -0.1) is 0 Å². The van der Waals surface area contributed by atoms with Crippen molar-refractivity contribution in [3.8, 4) is 0 Å². The zero-order chi connectivity index (χ0) is 31.2. The van der Waals surface area contributed by atoms with E-state index in [-0.39, 0.29) is 0 Å². The highest BCUT2D eigenvalue weighted by Crippen LogP contribution is 2.16. The lowest BCUT2D eigenvalue weighted by Gasteiger charge is -2.09. The van der Waals surface area contributed by atoms with Crippen molar-refractivity contribution < 1.29 is 0 Å². The fourth-order valence-electron chi connectivity index (χ4n) is 6.34. The van der Waals surface area contributed by atoms with Gasteiger partial charge in [-0.1, -0.05) is 206 Å². The molecule has 0 bridgehead atoms. The molecular weight excluding hydrogens is 522 g/mol. The van der Waals surface area contributed by atoms with Gasteiger partial charge in [-0.25, -0.2) is 0 Å². The van der Waals surface area contributed by atoms with Crippen molar-refractivity contribution in [1.29, 1.82) is 0 Å². The summed E-state index contributed by atoms with van der Waals surface area (Å²) in [6.45, 7) is 6.52. The van der Waals surface area contributed by atoms with Crippen LogP contribution in [-0.4, -0.2) is 25.8 Å². The molecule has 3 nitrogen and oxygen atoms in total. The first-order valence-corrected chi connectivity index (χ1v) is 20.3. The number of hydrogen-bond acceptors (Lipinski definition) is 3. The Morgan fingerprint density at radius 2 is 0.605 bits per heavy atom. The number of likely N-dealkylation sites (N-methyl/N-ethyl adjacent to an activating group) is 1. The third-order valence-corrected chi connectivity index (χ3v) is 9.36. The number of rotatable bonds is 38. The summed E-state index contributed by atoms with van der Waals surface area (Å²) in [7, 11) is 2.01. The molecule has 0 radical (unpaired) electrons. The first kappa shape index (κ1) is 42.4. The number of unbranched alkanes of at least 4 members (excludes halogenated alkanes) is 30. The normalized spacial score (nSPS) is 11.3. The predicted octanol–water partition coefficient (Wildman–Crippen LogP) is 13.5. The molecule has 0 heterocycles. The molecule has 0 saturated heterocycles. The topological polar surface area (TPSA) is 36.4 Å². The monoisotopic (exact) mass is 606 g/mol. The highest BCUT2D eigenvalue weighted by atomic mass is 15.3. The Kier molecular flexibility index (Phi) is 38.9. The molecule has 0 aliphatic heterocycles. The van der Waals surface area contributed by atoms with E-state index in [0.717, 1.165) is 13.1 Å². The van der Waals surface area contributed by atoms with Crippen molar-refractivity contribution in [2.45, 2.75) is 232 Å². The van der Waals surface area contributed by atoms with E-state index in [9.17, 15) is 0 Å². The summed E-state index contributed by atoms with van der Waals surface area (Å²) in [4.78, 5) is 0. The van der Waals surface area contributed by atoms with Gasteiger partial charge in [0.25, 0.3) is 0 Å². The van der Waals surface area contributed by atoms with Gasteiger partial charge in [-0.2, -0.15) is 5.10 Å². The summed E-state index contributed by atoms with van der Waals surface area (Å²) >= 11 is 0. The van der Waals surface area contributed by atoms with Crippen molar-refractivity contribution in [1.82, 2.24) is 10.7 Å². The minimum Gasteiger partial charge on any atom is -0.318 e. The fourth-order valence-corrected chi connectivity index (χ4v) is 6.34. The summed E-state index contributed by atoms with van der Waals surface area (Å²) in [6, 6.07) is 0. The molecule has 0 fully saturated rings. The van der Waals surface area contributed by atoms with Crippen LogP contribution in [0.3, 0.4) is 0 Å². The van der Waals surface area contributed by atoms with Crippen LogP contribution in [0.5, 0.6) is 0 Å². The smallest absolute Gasteiger partial charge is 0.0454 e. The molecule has 0 amide bonds. The van der Waals surface area contributed by atoms with Gasteiger partial charge in [0.2, 0.25) is 0 Å². The van der Waals surface area contributed by atoms with Gasteiger partial charge in [-0.05, 0) is 32.7 Å². The molecule has 0 aromatic heterocycles. The van der Waals surface area contributed by atoms with E-state index in [1.165, 1.54) is 224 Å². The third-order valence-electron chi connectivity index (χ3n) is 9.36. The van der Waals surface area contributed by atoms with Crippen LogP contribution in [0, 0.1) is 0 Å². The summed E-state index contributed by atoms with van der Waals surface area (Å²) in [5.41, 5.74) is 4.74. The van der Waals surface area contributed by atoms with Crippen LogP contribution in [0.15, 0.2) is 5.10 Å². The predicted molar refractivity (Wildman–Crippen MR) is 198 cm³/mol. The Morgan fingerprint density at radius 3 is 0.860 bits per heavy atom. The molecule has 0 unspecified atom stereocenters. The maximum Gasteiger partial charge on any atom is 0.0454 e. The van der Waals surface area contributed by atoms with Crippen LogP contribution in [-0.2, 0) is 0 Å². The zero-order valence-electron chi connectivity index (χ0n) is 30.4. The van der Waals surface area contributed by atoms with Gasteiger partial charge in [0.1, 0.15) is 0 Å². The molecule has 0 rings (SSSR count). The van der Waals surface area contributed by atoms with E-state index < -0.39 is 0 Å². The van der Waals surface area contributed by atoms with Gasteiger partial charge in [0.05, 0.1) is 0 Å². The quantitative estimate of drug-likeness (QED) is 0.0417. The number of nitrogens with one attached hydrogen (secondary N) is 2. The molecule has 43 heavy (non-hydrogen) atoms. The van der Waals surface area contributed by atoms with Gasteiger partial charge >= 0.3 is 0 Å². The molecule has 0 aromatic rings. The maximum atomic E-state index is 4.80.